The number of carbonyl (C=O) groups is 3. The van der Waals surface area contributed by atoms with Crippen LogP contribution in [0.1, 0.15) is 43.7 Å². The zero-order chi connectivity index (χ0) is 33.1. The number of thiazole rings is 1. The summed E-state index contributed by atoms with van der Waals surface area (Å²) in [4.78, 5) is 45.7. The number of hydrogen-bond donors (Lipinski definition) is 2. The van der Waals surface area contributed by atoms with Gasteiger partial charge in [-0.2, -0.15) is 0 Å². The first-order valence-corrected chi connectivity index (χ1v) is 15.6. The number of esters is 1. The number of hydrogen-bond acceptors (Lipinski definition) is 10. The van der Waals surface area contributed by atoms with Gasteiger partial charge in [0.25, 0.3) is 5.78 Å². The molecule has 10 nitrogen and oxygen atoms in total. The predicted octanol–water partition coefficient (Wildman–Crippen LogP) is 6.78. The molecule has 3 aromatic carbocycles. The summed E-state index contributed by atoms with van der Waals surface area (Å²) >= 11 is 4.17. The van der Waals surface area contributed by atoms with Crippen LogP contribution in [0.25, 0.3) is 5.76 Å². The molecule has 0 radical (unpaired) electrons. The Hall–Kier alpha value is -4.94. The summed E-state index contributed by atoms with van der Waals surface area (Å²) in [5.41, 5.74) is 2.77. The van der Waals surface area contributed by atoms with Gasteiger partial charge in [-0.05, 0) is 77.3 Å². The number of rotatable bonds is 10. The number of aromatic nitrogens is 1. The number of amides is 1. The molecule has 1 aliphatic rings. The van der Waals surface area contributed by atoms with E-state index in [1.165, 1.54) is 25.3 Å². The van der Waals surface area contributed by atoms with Gasteiger partial charge in [0.05, 0.1) is 28.9 Å². The topological polar surface area (TPSA) is 135 Å². The molecule has 1 fully saturated rings. The first kappa shape index (κ1) is 32.5. The van der Waals surface area contributed by atoms with E-state index in [1.54, 1.807) is 31.2 Å². The van der Waals surface area contributed by atoms with Crippen molar-refractivity contribution < 1.29 is 38.8 Å². The molecular weight excluding hydrogens is 676 g/mol. The highest BCUT2D eigenvalue weighted by atomic mass is 79.9. The van der Waals surface area contributed by atoms with Crippen LogP contribution in [-0.2, 0) is 20.9 Å². The Kier molecular flexibility index (Phi) is 9.59. The molecule has 236 valence electrons. The molecule has 0 aliphatic carbocycles. The standard InChI is InChI=1S/C34H29BrN2O8S/c1-5-13-44-33(42)31-19(3)36-34(46-31)37-27(22-15-24(35)29(39)25(16-22)43-4)26(30(40)32(37)41)28(38)21-9-11-23(12-10-21)45-17-20-8-6-7-18(2)14-20/h5-12,14-16,27,38-39H,1,13,17H2,2-4H3. The SMILES string of the molecule is C=CCOC(=O)c1sc(N2C(=O)C(=O)C(=C(O)c3ccc(OCc4cccc(C)c4)cc3)C2c2cc(Br)c(O)c(OC)c2)nc1C. The van der Waals surface area contributed by atoms with E-state index in [0.717, 1.165) is 27.4 Å². The minimum absolute atomic E-state index is 0.0207. The minimum Gasteiger partial charge on any atom is -0.507 e. The maximum atomic E-state index is 13.7. The number of nitrogens with zero attached hydrogens (tertiary/aromatic N) is 2. The number of aliphatic hydroxyl groups excluding tert-OH is 1. The third kappa shape index (κ3) is 6.40. The number of anilines is 1. The summed E-state index contributed by atoms with van der Waals surface area (Å²) in [7, 11) is 1.36. The van der Waals surface area contributed by atoms with Crippen LogP contribution in [0.15, 0.2) is 83.4 Å². The molecule has 0 saturated carbocycles. The van der Waals surface area contributed by atoms with Crippen molar-refractivity contribution in [2.45, 2.75) is 26.5 Å². The van der Waals surface area contributed by atoms with Crippen molar-refractivity contribution >= 4 is 55.8 Å². The summed E-state index contributed by atoms with van der Waals surface area (Å²) in [5, 5.41) is 22.1. The lowest BCUT2D eigenvalue weighted by Gasteiger charge is -2.24. The maximum absolute atomic E-state index is 13.7. The Morgan fingerprint density at radius 1 is 1.13 bits per heavy atom. The monoisotopic (exact) mass is 704 g/mol. The van der Waals surface area contributed by atoms with Crippen LogP contribution in [0.3, 0.4) is 0 Å². The van der Waals surface area contributed by atoms with Gasteiger partial charge in [-0.25, -0.2) is 9.78 Å². The summed E-state index contributed by atoms with van der Waals surface area (Å²) in [6.07, 6.45) is 1.42. The third-order valence-electron chi connectivity index (χ3n) is 7.16. The lowest BCUT2D eigenvalue weighted by atomic mass is 9.95. The van der Waals surface area contributed by atoms with Gasteiger partial charge in [-0.3, -0.25) is 14.5 Å². The molecule has 4 aromatic rings. The first-order chi connectivity index (χ1) is 22.0. The Morgan fingerprint density at radius 2 is 1.87 bits per heavy atom. The van der Waals surface area contributed by atoms with E-state index in [9.17, 15) is 24.6 Å². The van der Waals surface area contributed by atoms with Crippen LogP contribution in [-0.4, -0.2) is 46.6 Å². The van der Waals surface area contributed by atoms with Crippen molar-refractivity contribution in [3.8, 4) is 17.2 Å². The number of phenols is 1. The summed E-state index contributed by atoms with van der Waals surface area (Å²) in [5.74, 6) is -2.61. The largest absolute Gasteiger partial charge is 0.507 e. The maximum Gasteiger partial charge on any atom is 0.350 e. The van der Waals surface area contributed by atoms with Crippen molar-refractivity contribution in [2.24, 2.45) is 0 Å². The Labute approximate surface area is 277 Å². The van der Waals surface area contributed by atoms with E-state index in [0.29, 0.717) is 23.6 Å². The van der Waals surface area contributed by atoms with E-state index < -0.39 is 29.5 Å². The highest BCUT2D eigenvalue weighted by Gasteiger charge is 2.49. The Bertz CT molecular complexity index is 1880. The summed E-state index contributed by atoms with van der Waals surface area (Å²) in [6, 6.07) is 16.2. The van der Waals surface area contributed by atoms with Crippen molar-refractivity contribution in [2.75, 3.05) is 18.6 Å². The Balaban J connectivity index is 1.57. The second-order valence-corrected chi connectivity index (χ2v) is 12.2. The van der Waals surface area contributed by atoms with Crippen LogP contribution in [0.2, 0.25) is 0 Å². The number of aromatic hydroxyl groups is 1. The van der Waals surface area contributed by atoms with E-state index in [4.69, 9.17) is 14.2 Å². The fourth-order valence-electron chi connectivity index (χ4n) is 4.96. The van der Waals surface area contributed by atoms with Crippen LogP contribution in [0, 0.1) is 13.8 Å². The summed E-state index contributed by atoms with van der Waals surface area (Å²) in [6.45, 7) is 7.44. The lowest BCUT2D eigenvalue weighted by molar-refractivity contribution is -0.132. The van der Waals surface area contributed by atoms with Crippen LogP contribution >= 0.6 is 27.3 Å². The molecule has 2 N–H and O–H groups in total. The number of ether oxygens (including phenoxy) is 3. The van der Waals surface area contributed by atoms with E-state index >= 15 is 0 Å². The van der Waals surface area contributed by atoms with Gasteiger partial charge in [-0.15, -0.1) is 0 Å². The van der Waals surface area contributed by atoms with Crippen molar-refractivity contribution in [3.63, 3.8) is 0 Å². The molecule has 0 spiro atoms. The molecule has 2 heterocycles. The average molecular weight is 706 g/mol. The van der Waals surface area contributed by atoms with E-state index in [1.807, 2.05) is 31.2 Å². The predicted molar refractivity (Wildman–Crippen MR) is 176 cm³/mol. The second-order valence-electron chi connectivity index (χ2n) is 10.3. The van der Waals surface area contributed by atoms with Crippen molar-refractivity contribution in [1.29, 1.82) is 0 Å². The normalized spacial score (nSPS) is 15.6. The average Bonchev–Trinajstić information content (AvgIpc) is 3.56. The van der Waals surface area contributed by atoms with Crippen molar-refractivity contribution in [1.82, 2.24) is 4.98 Å². The molecule has 0 bridgehead atoms. The Morgan fingerprint density at radius 3 is 2.54 bits per heavy atom. The number of benzene rings is 3. The fourth-order valence-corrected chi connectivity index (χ4v) is 6.41. The van der Waals surface area contributed by atoms with Gasteiger partial charge in [0.2, 0.25) is 0 Å². The van der Waals surface area contributed by atoms with Gasteiger partial charge in [0, 0.05) is 5.56 Å². The van der Waals surface area contributed by atoms with Crippen LogP contribution in [0.4, 0.5) is 5.13 Å². The second kappa shape index (κ2) is 13.6. The highest BCUT2D eigenvalue weighted by molar-refractivity contribution is 9.10. The molecular formula is C34H29BrN2O8S. The third-order valence-corrected chi connectivity index (χ3v) is 8.90. The van der Waals surface area contributed by atoms with Gasteiger partial charge < -0.3 is 24.4 Å². The van der Waals surface area contributed by atoms with Gasteiger partial charge >= 0.3 is 11.9 Å². The number of halogens is 1. The number of Topliss-reactive ketones (excluding diaryl/α,β-unsaturated/α-hetero) is 1. The summed E-state index contributed by atoms with van der Waals surface area (Å²) < 4.78 is 16.6. The zero-order valence-electron chi connectivity index (χ0n) is 25.1. The number of ketones is 1. The molecule has 1 atom stereocenters. The number of methoxy groups -OCH3 is 1. The molecule has 1 amide bonds. The van der Waals surface area contributed by atoms with E-state index in [2.05, 4.69) is 27.5 Å². The minimum atomic E-state index is -1.20. The van der Waals surface area contributed by atoms with Gasteiger partial charge in [0.15, 0.2) is 16.6 Å². The first-order valence-electron chi connectivity index (χ1n) is 14.0. The number of aryl methyl sites for hydroxylation is 2. The molecule has 1 aromatic heterocycles. The number of carbonyl (C=O) groups excluding carboxylic acids is 3. The fraction of sp³-hybridized carbons (Fsp3) is 0.176. The quantitative estimate of drug-likeness (QED) is 0.0602. The van der Waals surface area contributed by atoms with Gasteiger partial charge in [0.1, 0.15) is 29.6 Å². The van der Waals surface area contributed by atoms with Crippen LogP contribution in [0.5, 0.6) is 17.2 Å². The molecule has 46 heavy (non-hydrogen) atoms. The lowest BCUT2D eigenvalue weighted by Crippen LogP contribution is -2.29. The smallest absolute Gasteiger partial charge is 0.350 e. The highest BCUT2D eigenvalue weighted by Crippen LogP contribution is 2.47. The number of aliphatic hydroxyl groups is 1. The van der Waals surface area contributed by atoms with Crippen molar-refractivity contribution in [3.05, 3.63) is 116 Å². The zero-order valence-corrected chi connectivity index (χ0v) is 27.5. The van der Waals surface area contributed by atoms with Crippen LogP contribution < -0.4 is 14.4 Å². The molecule has 1 saturated heterocycles. The molecule has 1 aliphatic heterocycles. The molecule has 1 unspecified atom stereocenters. The number of phenolic OH excluding ortho intramolecular Hbond substituents is 1. The molecule has 12 heteroatoms. The van der Waals surface area contributed by atoms with Gasteiger partial charge in [-0.1, -0.05) is 53.8 Å². The van der Waals surface area contributed by atoms with E-state index in [-0.39, 0.29) is 43.7 Å². The molecule has 5 rings (SSSR count).